The highest BCUT2D eigenvalue weighted by Gasteiger charge is 2.47. The van der Waals surface area contributed by atoms with Gasteiger partial charge in [0.15, 0.2) is 11.6 Å². The number of aliphatic carboxylic acids is 1. The van der Waals surface area contributed by atoms with Gasteiger partial charge in [-0.3, -0.25) is 14.6 Å². The molecule has 0 saturated carbocycles. The number of carbonyl (C=O) groups is 2. The van der Waals surface area contributed by atoms with Crippen molar-refractivity contribution in [3.05, 3.63) is 30.3 Å². The van der Waals surface area contributed by atoms with E-state index in [-0.39, 0.29) is 23.1 Å². The van der Waals surface area contributed by atoms with Crippen molar-refractivity contribution >= 4 is 33.6 Å². The van der Waals surface area contributed by atoms with Gasteiger partial charge in [-0.25, -0.2) is 8.42 Å². The predicted octanol–water partition coefficient (Wildman–Crippen LogP) is -2.04. The minimum atomic E-state index is -4.07. The van der Waals surface area contributed by atoms with Crippen LogP contribution in [0.3, 0.4) is 0 Å². The monoisotopic (exact) mass is 493 g/mol. The third-order valence-corrected chi connectivity index (χ3v) is 7.23. The molecule has 3 aliphatic rings. The van der Waals surface area contributed by atoms with Crippen molar-refractivity contribution in [3.63, 3.8) is 0 Å². The van der Waals surface area contributed by atoms with Gasteiger partial charge in [0.05, 0.1) is 11.4 Å². The van der Waals surface area contributed by atoms with Crippen LogP contribution in [0.1, 0.15) is 12.8 Å². The molecule has 34 heavy (non-hydrogen) atoms. The number of rotatable bonds is 9. The largest absolute Gasteiger partial charge is 0.480 e. The molecular formula is C20H27N7O6S. The van der Waals surface area contributed by atoms with E-state index in [1.54, 1.807) is 6.07 Å². The van der Waals surface area contributed by atoms with Crippen LogP contribution in [0, 0.1) is 0 Å². The van der Waals surface area contributed by atoms with Crippen LogP contribution in [0.25, 0.3) is 0 Å². The van der Waals surface area contributed by atoms with Crippen LogP contribution in [0.5, 0.6) is 0 Å². The smallest absolute Gasteiger partial charge is 0.323 e. The summed E-state index contributed by atoms with van der Waals surface area (Å²) in [6.07, 6.45) is 0.886. The number of carboxylic acids is 1. The molecule has 1 amide bonds. The van der Waals surface area contributed by atoms with Crippen molar-refractivity contribution in [2.75, 3.05) is 32.7 Å². The number of hydrogen-bond acceptors (Lipinski definition) is 10. The lowest BCUT2D eigenvalue weighted by atomic mass is 9.94. The summed E-state index contributed by atoms with van der Waals surface area (Å²) in [4.78, 5) is 34.0. The second-order valence-corrected chi connectivity index (χ2v) is 10.1. The summed E-state index contributed by atoms with van der Waals surface area (Å²) in [5.41, 5.74) is -0.516. The Morgan fingerprint density at radius 3 is 2.79 bits per heavy atom. The highest BCUT2D eigenvalue weighted by atomic mass is 32.2. The van der Waals surface area contributed by atoms with Gasteiger partial charge in [0.2, 0.25) is 10.0 Å². The van der Waals surface area contributed by atoms with E-state index in [1.165, 1.54) is 24.3 Å². The molecule has 0 aliphatic carbocycles. The van der Waals surface area contributed by atoms with Gasteiger partial charge in [-0.15, -0.1) is 0 Å². The van der Waals surface area contributed by atoms with E-state index in [0.29, 0.717) is 19.5 Å². The molecule has 1 saturated heterocycles. The predicted molar refractivity (Wildman–Crippen MR) is 122 cm³/mol. The number of aliphatic imine (C=N–C) groups is 1. The Kier molecular flexibility index (Phi) is 7.00. The number of hydrogen-bond donors (Lipinski definition) is 6. The number of amides is 1. The second kappa shape index (κ2) is 9.95. The lowest BCUT2D eigenvalue weighted by Gasteiger charge is -2.19. The van der Waals surface area contributed by atoms with E-state index in [2.05, 4.69) is 36.1 Å². The zero-order valence-electron chi connectivity index (χ0n) is 18.3. The quantitative estimate of drug-likeness (QED) is 0.226. The zero-order valence-corrected chi connectivity index (χ0v) is 19.1. The first kappa shape index (κ1) is 23.9. The van der Waals surface area contributed by atoms with Crippen molar-refractivity contribution in [2.45, 2.75) is 35.4 Å². The van der Waals surface area contributed by atoms with E-state index < -0.39 is 40.1 Å². The van der Waals surface area contributed by atoms with Crippen LogP contribution in [0.2, 0.25) is 0 Å². The number of oxime groups is 1. The Balaban J connectivity index is 1.27. The van der Waals surface area contributed by atoms with Crippen molar-refractivity contribution < 1.29 is 28.0 Å². The van der Waals surface area contributed by atoms with E-state index >= 15 is 0 Å². The Hall–Kier alpha value is -3.23. The molecule has 1 spiro atoms. The molecule has 0 bridgehead atoms. The number of nitrogens with zero attached hydrogens (tertiary/aromatic N) is 2. The molecule has 2 unspecified atom stereocenters. The van der Waals surface area contributed by atoms with E-state index in [4.69, 9.17) is 4.84 Å². The Labute approximate surface area is 196 Å². The summed E-state index contributed by atoms with van der Waals surface area (Å²) in [5.74, 6) is -1.26. The molecular weight excluding hydrogens is 466 g/mol. The molecule has 6 N–H and O–H groups in total. The number of benzene rings is 1. The van der Waals surface area contributed by atoms with Crippen molar-refractivity contribution in [1.29, 1.82) is 0 Å². The summed E-state index contributed by atoms with van der Waals surface area (Å²) in [5, 5.41) is 25.5. The molecule has 4 rings (SSSR count). The number of sulfonamides is 1. The first-order valence-electron chi connectivity index (χ1n) is 10.9. The topological polar surface area (TPSA) is 183 Å². The second-order valence-electron chi connectivity index (χ2n) is 8.34. The van der Waals surface area contributed by atoms with E-state index in [0.717, 1.165) is 19.0 Å². The summed E-state index contributed by atoms with van der Waals surface area (Å²) < 4.78 is 27.0. The normalized spacial score (nSPS) is 24.6. The van der Waals surface area contributed by atoms with Gasteiger partial charge >= 0.3 is 5.97 Å². The van der Waals surface area contributed by atoms with Crippen LogP contribution in [0.15, 0.2) is 45.4 Å². The molecule has 1 fully saturated rings. The summed E-state index contributed by atoms with van der Waals surface area (Å²) in [6.45, 7) is 2.26. The summed E-state index contributed by atoms with van der Waals surface area (Å²) in [6, 6.07) is 5.94. The lowest BCUT2D eigenvalue weighted by molar-refractivity contribution is -0.138. The summed E-state index contributed by atoms with van der Waals surface area (Å²) in [7, 11) is -4.07. The van der Waals surface area contributed by atoms with Gasteiger partial charge in [-0.2, -0.15) is 4.72 Å². The highest BCUT2D eigenvalue weighted by molar-refractivity contribution is 7.89. The minimum Gasteiger partial charge on any atom is -0.480 e. The maximum atomic E-state index is 12.6. The first-order valence-corrected chi connectivity index (χ1v) is 12.3. The standard InChI is InChI=1S/C20H27N7O6S/c28-17(23-11-16(18(29)30)27-34(31,32)14-4-2-1-3-5-14)15-9-20(33-26-15)8-13(25-12-20)10-24-19-21-6-7-22-19/h1-5,13,16,25,27H,6-12H2,(H,23,28)(H,29,30)(H2,21,22,24)/t13?,16-,20?/m0/s1. The molecule has 1 aromatic carbocycles. The maximum Gasteiger partial charge on any atom is 0.323 e. The fourth-order valence-electron chi connectivity index (χ4n) is 3.98. The number of carbonyl (C=O) groups excluding carboxylic acids is 1. The summed E-state index contributed by atoms with van der Waals surface area (Å²) >= 11 is 0. The van der Waals surface area contributed by atoms with Gasteiger partial charge in [0.25, 0.3) is 5.91 Å². The number of nitrogens with one attached hydrogen (secondary N) is 5. The molecule has 14 heteroatoms. The Bertz CT molecular complexity index is 1090. The van der Waals surface area contributed by atoms with Gasteiger partial charge in [0, 0.05) is 45.1 Å². The van der Waals surface area contributed by atoms with Crippen molar-refractivity contribution in [2.24, 2.45) is 10.1 Å². The molecule has 0 radical (unpaired) electrons. The Morgan fingerprint density at radius 2 is 2.09 bits per heavy atom. The maximum absolute atomic E-state index is 12.6. The molecule has 184 valence electrons. The lowest BCUT2D eigenvalue weighted by Crippen LogP contribution is -2.49. The minimum absolute atomic E-state index is 0.0725. The van der Waals surface area contributed by atoms with Crippen LogP contribution in [-0.4, -0.2) is 87.5 Å². The molecule has 3 heterocycles. The SMILES string of the molecule is O=C(NC[C@H](NS(=O)(=O)c1ccccc1)C(=O)O)C1=NOC2(CNC(CNC3=NCCN3)C2)C1. The third-order valence-electron chi connectivity index (χ3n) is 5.74. The zero-order chi connectivity index (χ0) is 24.2. The molecule has 3 atom stereocenters. The van der Waals surface area contributed by atoms with Crippen LogP contribution in [0.4, 0.5) is 0 Å². The number of carboxylic acid groups (broad SMARTS) is 1. The third kappa shape index (κ3) is 5.63. The van der Waals surface area contributed by atoms with Crippen molar-refractivity contribution in [3.8, 4) is 0 Å². The molecule has 3 aliphatic heterocycles. The van der Waals surface area contributed by atoms with Crippen LogP contribution in [-0.2, 0) is 24.4 Å². The average molecular weight is 494 g/mol. The fourth-order valence-corrected chi connectivity index (χ4v) is 5.19. The van der Waals surface area contributed by atoms with Crippen LogP contribution < -0.4 is 26.0 Å². The number of guanidine groups is 1. The van der Waals surface area contributed by atoms with Crippen molar-refractivity contribution in [1.82, 2.24) is 26.0 Å². The fraction of sp³-hybridized carbons (Fsp3) is 0.500. The average Bonchev–Trinajstić information content (AvgIpc) is 3.58. The van der Waals surface area contributed by atoms with Gasteiger partial charge in [-0.05, 0) is 12.1 Å². The molecule has 1 aromatic rings. The van der Waals surface area contributed by atoms with Crippen LogP contribution >= 0.6 is 0 Å². The molecule has 13 nitrogen and oxygen atoms in total. The van der Waals surface area contributed by atoms with Gasteiger partial charge < -0.3 is 31.2 Å². The van der Waals surface area contributed by atoms with Gasteiger partial charge in [-0.1, -0.05) is 23.4 Å². The first-order chi connectivity index (χ1) is 16.3. The van der Waals surface area contributed by atoms with E-state index in [1.807, 2.05) is 0 Å². The Morgan fingerprint density at radius 1 is 1.29 bits per heavy atom. The highest BCUT2D eigenvalue weighted by Crippen LogP contribution is 2.32. The molecule has 0 aromatic heterocycles. The van der Waals surface area contributed by atoms with Gasteiger partial charge in [0.1, 0.15) is 11.8 Å². The van der Waals surface area contributed by atoms with E-state index in [9.17, 15) is 23.1 Å².